The minimum atomic E-state index is 0.128. The van der Waals surface area contributed by atoms with Crippen LogP contribution in [0.2, 0.25) is 0 Å². The van der Waals surface area contributed by atoms with E-state index in [1.54, 1.807) is 0 Å². The average Bonchev–Trinajstić information content (AvgIpc) is 2.95. The molecule has 0 fully saturated rings. The first-order valence-corrected chi connectivity index (χ1v) is 9.38. The van der Waals surface area contributed by atoms with E-state index in [0.717, 1.165) is 33.9 Å². The lowest BCUT2D eigenvalue weighted by Gasteiger charge is -2.22. The second kappa shape index (κ2) is 6.48. The van der Waals surface area contributed by atoms with Crippen molar-refractivity contribution in [2.75, 3.05) is 10.7 Å². The van der Waals surface area contributed by atoms with E-state index in [0.29, 0.717) is 5.75 Å². The number of aromatic nitrogens is 2. The molecule has 0 spiro atoms. The smallest absolute Gasteiger partial charge is 0.237 e. The van der Waals surface area contributed by atoms with Crippen molar-refractivity contribution in [2.24, 2.45) is 0 Å². The number of para-hydroxylation sites is 2. The molecule has 2 aromatic carbocycles. The molecule has 0 saturated carbocycles. The number of benzene rings is 2. The van der Waals surface area contributed by atoms with Gasteiger partial charge in [0.25, 0.3) is 0 Å². The van der Waals surface area contributed by atoms with Crippen LogP contribution >= 0.6 is 11.8 Å². The number of rotatable bonds is 3. The van der Waals surface area contributed by atoms with Crippen LogP contribution in [0.4, 0.5) is 5.69 Å². The summed E-state index contributed by atoms with van der Waals surface area (Å²) in [7, 11) is 0. The summed E-state index contributed by atoms with van der Waals surface area (Å²) in [5.41, 5.74) is 3.21. The second-order valence-electron chi connectivity index (χ2n) is 6.33. The van der Waals surface area contributed by atoms with Crippen LogP contribution in [0, 0.1) is 6.92 Å². The standard InChI is InChI=1S/C20H19N3OS/c1-13-11-15-7-3-6-10-18(15)23(13)19(24)12-25-20-16-8-4-5-9-17(16)21-14(2)22-20/h3-10,13H,11-12H2,1-2H3/t13-/m1/s1. The molecule has 1 atom stereocenters. The zero-order valence-electron chi connectivity index (χ0n) is 14.3. The lowest BCUT2D eigenvalue weighted by Crippen LogP contribution is -2.37. The summed E-state index contributed by atoms with van der Waals surface area (Å²) in [5, 5.41) is 1.87. The van der Waals surface area contributed by atoms with Crippen LogP contribution in [0.25, 0.3) is 10.9 Å². The van der Waals surface area contributed by atoms with Gasteiger partial charge in [0.15, 0.2) is 0 Å². The van der Waals surface area contributed by atoms with E-state index in [-0.39, 0.29) is 11.9 Å². The van der Waals surface area contributed by atoms with Crippen molar-refractivity contribution in [2.45, 2.75) is 31.3 Å². The summed E-state index contributed by atoms with van der Waals surface area (Å²) in [5.74, 6) is 1.23. The van der Waals surface area contributed by atoms with E-state index < -0.39 is 0 Å². The number of thioether (sulfide) groups is 1. The lowest BCUT2D eigenvalue weighted by molar-refractivity contribution is -0.116. The second-order valence-corrected chi connectivity index (χ2v) is 7.29. The molecular weight excluding hydrogens is 330 g/mol. The summed E-state index contributed by atoms with van der Waals surface area (Å²) in [6, 6.07) is 16.3. The van der Waals surface area contributed by atoms with Gasteiger partial charge in [0.2, 0.25) is 5.91 Å². The highest BCUT2D eigenvalue weighted by atomic mass is 32.2. The maximum absolute atomic E-state index is 12.9. The molecule has 1 aliphatic rings. The molecule has 1 aliphatic heterocycles. The van der Waals surface area contributed by atoms with E-state index >= 15 is 0 Å². The fourth-order valence-electron chi connectivity index (χ4n) is 3.41. The first-order valence-electron chi connectivity index (χ1n) is 8.39. The van der Waals surface area contributed by atoms with Gasteiger partial charge in [0.1, 0.15) is 10.9 Å². The van der Waals surface area contributed by atoms with Crippen molar-refractivity contribution in [3.63, 3.8) is 0 Å². The Morgan fingerprint density at radius 2 is 1.92 bits per heavy atom. The predicted molar refractivity (Wildman–Crippen MR) is 102 cm³/mol. The number of carbonyl (C=O) groups excluding carboxylic acids is 1. The van der Waals surface area contributed by atoms with Crippen molar-refractivity contribution in [3.8, 4) is 0 Å². The molecule has 3 aromatic rings. The Morgan fingerprint density at radius 3 is 2.80 bits per heavy atom. The maximum Gasteiger partial charge on any atom is 0.237 e. The van der Waals surface area contributed by atoms with Crippen molar-refractivity contribution in [1.82, 2.24) is 9.97 Å². The zero-order valence-corrected chi connectivity index (χ0v) is 15.1. The normalized spacial score (nSPS) is 16.2. The van der Waals surface area contributed by atoms with Crippen LogP contribution in [0.3, 0.4) is 0 Å². The van der Waals surface area contributed by atoms with Crippen LogP contribution in [-0.2, 0) is 11.2 Å². The maximum atomic E-state index is 12.9. The van der Waals surface area contributed by atoms with Crippen LogP contribution in [0.15, 0.2) is 53.6 Å². The molecule has 0 radical (unpaired) electrons. The number of hydrogen-bond donors (Lipinski definition) is 0. The highest BCUT2D eigenvalue weighted by Crippen LogP contribution is 2.33. The van der Waals surface area contributed by atoms with E-state index in [2.05, 4.69) is 23.0 Å². The van der Waals surface area contributed by atoms with Gasteiger partial charge in [0, 0.05) is 17.1 Å². The van der Waals surface area contributed by atoms with Gasteiger partial charge in [-0.05, 0) is 38.0 Å². The van der Waals surface area contributed by atoms with Crippen molar-refractivity contribution in [1.29, 1.82) is 0 Å². The molecular formula is C20H19N3OS. The van der Waals surface area contributed by atoms with Crippen LogP contribution < -0.4 is 4.90 Å². The highest BCUT2D eigenvalue weighted by molar-refractivity contribution is 8.00. The number of hydrogen-bond acceptors (Lipinski definition) is 4. The molecule has 2 heterocycles. The fraction of sp³-hybridized carbons (Fsp3) is 0.250. The Morgan fingerprint density at radius 1 is 1.16 bits per heavy atom. The molecule has 1 aromatic heterocycles. The average molecular weight is 349 g/mol. The summed E-state index contributed by atoms with van der Waals surface area (Å²) in [6.45, 7) is 3.99. The Balaban J connectivity index is 1.57. The number of amides is 1. The largest absolute Gasteiger partial charge is 0.308 e. The van der Waals surface area contributed by atoms with Gasteiger partial charge in [-0.1, -0.05) is 48.2 Å². The summed E-state index contributed by atoms with van der Waals surface area (Å²) in [4.78, 5) is 23.8. The Labute approximate surface area is 151 Å². The van der Waals surface area contributed by atoms with Gasteiger partial charge in [0.05, 0.1) is 11.3 Å². The molecule has 0 unspecified atom stereocenters. The van der Waals surface area contributed by atoms with Crippen LogP contribution in [-0.4, -0.2) is 27.7 Å². The number of carbonyl (C=O) groups is 1. The molecule has 4 nitrogen and oxygen atoms in total. The van der Waals surface area contributed by atoms with Crippen LogP contribution in [0.1, 0.15) is 18.3 Å². The molecule has 126 valence electrons. The third-order valence-electron chi connectivity index (χ3n) is 4.49. The Kier molecular flexibility index (Phi) is 4.17. The topological polar surface area (TPSA) is 46.1 Å². The lowest BCUT2D eigenvalue weighted by atomic mass is 10.1. The first kappa shape index (κ1) is 16.1. The van der Waals surface area contributed by atoms with Crippen LogP contribution in [0.5, 0.6) is 0 Å². The van der Waals surface area contributed by atoms with E-state index in [1.165, 1.54) is 17.3 Å². The third-order valence-corrected chi connectivity index (χ3v) is 5.46. The third kappa shape index (κ3) is 3.00. The fourth-order valence-corrected chi connectivity index (χ4v) is 4.34. The molecule has 0 aliphatic carbocycles. The zero-order chi connectivity index (χ0) is 17.4. The van der Waals surface area contributed by atoms with E-state index in [4.69, 9.17) is 0 Å². The van der Waals surface area contributed by atoms with Gasteiger partial charge in [-0.25, -0.2) is 9.97 Å². The number of fused-ring (bicyclic) bond motifs is 2. The molecule has 5 heteroatoms. The Bertz CT molecular complexity index is 957. The predicted octanol–water partition coefficient (Wildman–Crippen LogP) is 4.01. The minimum Gasteiger partial charge on any atom is -0.308 e. The highest BCUT2D eigenvalue weighted by Gasteiger charge is 2.30. The van der Waals surface area contributed by atoms with Gasteiger partial charge in [-0.2, -0.15) is 0 Å². The van der Waals surface area contributed by atoms with Crippen molar-refractivity contribution >= 4 is 34.3 Å². The molecule has 0 bridgehead atoms. The van der Waals surface area contributed by atoms with Gasteiger partial charge >= 0.3 is 0 Å². The molecule has 25 heavy (non-hydrogen) atoms. The van der Waals surface area contributed by atoms with E-state index in [9.17, 15) is 4.79 Å². The molecule has 4 rings (SSSR count). The van der Waals surface area contributed by atoms with Crippen molar-refractivity contribution in [3.05, 3.63) is 59.9 Å². The summed E-state index contributed by atoms with van der Waals surface area (Å²) < 4.78 is 0. The SMILES string of the molecule is Cc1nc(SCC(=O)N2c3ccccc3C[C@H]2C)c2ccccc2n1. The molecule has 0 N–H and O–H groups in total. The first-order chi connectivity index (χ1) is 12.1. The monoisotopic (exact) mass is 349 g/mol. The number of anilines is 1. The molecule has 1 amide bonds. The number of nitrogens with zero attached hydrogens (tertiary/aromatic N) is 3. The van der Waals surface area contributed by atoms with Crippen molar-refractivity contribution < 1.29 is 4.79 Å². The number of aryl methyl sites for hydroxylation is 1. The van der Waals surface area contributed by atoms with Gasteiger partial charge in [-0.3, -0.25) is 4.79 Å². The Hall–Kier alpha value is -2.40. The van der Waals surface area contributed by atoms with Gasteiger partial charge < -0.3 is 4.90 Å². The molecule has 0 saturated heterocycles. The summed E-state index contributed by atoms with van der Waals surface area (Å²) >= 11 is 1.49. The minimum absolute atomic E-state index is 0.128. The van der Waals surface area contributed by atoms with E-state index in [1.807, 2.05) is 54.3 Å². The van der Waals surface area contributed by atoms with Gasteiger partial charge in [-0.15, -0.1) is 0 Å². The summed E-state index contributed by atoms with van der Waals surface area (Å²) in [6.07, 6.45) is 0.919. The quantitative estimate of drug-likeness (QED) is 0.529.